The van der Waals surface area contributed by atoms with Gasteiger partial charge in [0.1, 0.15) is 0 Å². The van der Waals surface area contributed by atoms with Crippen molar-refractivity contribution in [3.05, 3.63) is 65.2 Å². The Labute approximate surface area is 123 Å². The second kappa shape index (κ2) is 6.56. The molecule has 0 aliphatic rings. The average Bonchev–Trinajstić information content (AvgIpc) is 2.46. The number of carbonyl (C=O) groups is 2. The van der Waals surface area contributed by atoms with Gasteiger partial charge in [-0.05, 0) is 29.3 Å². The molecule has 0 fully saturated rings. The van der Waals surface area contributed by atoms with Crippen LogP contribution in [0.25, 0.3) is 0 Å². The number of primary amides is 2. The molecule has 2 aromatic rings. The third-order valence-corrected chi connectivity index (χ3v) is 3.10. The maximum absolute atomic E-state index is 11.0. The molecular formula is C16H17N3O2. The predicted octanol–water partition coefficient (Wildman–Crippen LogP) is 1.43. The zero-order valence-electron chi connectivity index (χ0n) is 11.5. The topological polar surface area (TPSA) is 98.2 Å². The molecule has 0 spiro atoms. The standard InChI is InChI=1S/C16H17N3O2/c17-15(20)9-13-3-1-2-4-14(13)19-10-11-5-7-12(8-6-11)16(18)21/h1-8,19H,9-10H2,(H2,17,20)(H2,18,21). The Balaban J connectivity index is 2.06. The summed E-state index contributed by atoms with van der Waals surface area (Å²) in [7, 11) is 0. The van der Waals surface area contributed by atoms with E-state index in [9.17, 15) is 9.59 Å². The minimum atomic E-state index is -0.443. The van der Waals surface area contributed by atoms with Crippen LogP contribution in [0.3, 0.4) is 0 Å². The molecule has 5 nitrogen and oxygen atoms in total. The van der Waals surface area contributed by atoms with Crippen molar-refractivity contribution in [3.8, 4) is 0 Å². The highest BCUT2D eigenvalue weighted by Crippen LogP contribution is 2.17. The molecule has 0 saturated heterocycles. The second-order valence-corrected chi connectivity index (χ2v) is 4.71. The average molecular weight is 283 g/mol. The largest absolute Gasteiger partial charge is 0.381 e. The van der Waals surface area contributed by atoms with E-state index >= 15 is 0 Å². The normalized spacial score (nSPS) is 10.1. The summed E-state index contributed by atoms with van der Waals surface area (Å²) in [5.41, 5.74) is 13.7. The fraction of sp³-hybridized carbons (Fsp3) is 0.125. The predicted molar refractivity (Wildman–Crippen MR) is 81.6 cm³/mol. The van der Waals surface area contributed by atoms with Crippen LogP contribution in [-0.2, 0) is 17.8 Å². The molecule has 0 aliphatic heterocycles. The van der Waals surface area contributed by atoms with E-state index in [1.165, 1.54) is 0 Å². The molecule has 2 rings (SSSR count). The van der Waals surface area contributed by atoms with E-state index in [0.717, 1.165) is 16.8 Å². The molecule has 0 unspecified atom stereocenters. The number of benzene rings is 2. The summed E-state index contributed by atoms with van der Waals surface area (Å²) < 4.78 is 0. The Morgan fingerprint density at radius 2 is 1.62 bits per heavy atom. The number of hydrogen-bond acceptors (Lipinski definition) is 3. The van der Waals surface area contributed by atoms with Crippen molar-refractivity contribution in [3.63, 3.8) is 0 Å². The lowest BCUT2D eigenvalue weighted by atomic mass is 10.1. The molecule has 0 saturated carbocycles. The van der Waals surface area contributed by atoms with Gasteiger partial charge in [-0.3, -0.25) is 9.59 Å². The van der Waals surface area contributed by atoms with Crippen LogP contribution in [0.5, 0.6) is 0 Å². The van der Waals surface area contributed by atoms with E-state index in [4.69, 9.17) is 11.5 Å². The van der Waals surface area contributed by atoms with Gasteiger partial charge in [-0.2, -0.15) is 0 Å². The van der Waals surface area contributed by atoms with Gasteiger partial charge in [0.25, 0.3) is 0 Å². The minimum absolute atomic E-state index is 0.198. The summed E-state index contributed by atoms with van der Waals surface area (Å²) in [5.74, 6) is -0.809. The molecule has 0 heterocycles. The van der Waals surface area contributed by atoms with Crippen molar-refractivity contribution in [1.29, 1.82) is 0 Å². The van der Waals surface area contributed by atoms with Gasteiger partial charge in [0, 0.05) is 17.8 Å². The number of hydrogen-bond donors (Lipinski definition) is 3. The lowest BCUT2D eigenvalue weighted by Gasteiger charge is -2.11. The molecule has 0 aliphatic carbocycles. The van der Waals surface area contributed by atoms with Gasteiger partial charge in [0.2, 0.25) is 11.8 Å². The molecule has 0 radical (unpaired) electrons. The summed E-state index contributed by atoms with van der Waals surface area (Å²) in [6, 6.07) is 14.6. The van der Waals surface area contributed by atoms with Gasteiger partial charge in [0.15, 0.2) is 0 Å². The lowest BCUT2D eigenvalue weighted by Crippen LogP contribution is -2.15. The van der Waals surface area contributed by atoms with Crippen LogP contribution in [0.1, 0.15) is 21.5 Å². The van der Waals surface area contributed by atoms with E-state index < -0.39 is 5.91 Å². The van der Waals surface area contributed by atoms with Crippen LogP contribution in [0.2, 0.25) is 0 Å². The molecule has 0 atom stereocenters. The Morgan fingerprint density at radius 3 is 2.24 bits per heavy atom. The molecule has 2 amide bonds. The van der Waals surface area contributed by atoms with E-state index in [0.29, 0.717) is 12.1 Å². The highest BCUT2D eigenvalue weighted by atomic mass is 16.1. The van der Waals surface area contributed by atoms with Crippen LogP contribution in [0, 0.1) is 0 Å². The third kappa shape index (κ3) is 4.07. The number of carbonyl (C=O) groups excluding carboxylic acids is 2. The van der Waals surface area contributed by atoms with Crippen LogP contribution >= 0.6 is 0 Å². The van der Waals surface area contributed by atoms with E-state index in [-0.39, 0.29) is 12.3 Å². The van der Waals surface area contributed by atoms with Crippen molar-refractivity contribution in [1.82, 2.24) is 0 Å². The first-order valence-corrected chi connectivity index (χ1v) is 6.55. The van der Waals surface area contributed by atoms with Crippen molar-refractivity contribution in [2.75, 3.05) is 5.32 Å². The third-order valence-electron chi connectivity index (χ3n) is 3.10. The molecule has 5 N–H and O–H groups in total. The smallest absolute Gasteiger partial charge is 0.248 e. The fourth-order valence-corrected chi connectivity index (χ4v) is 2.02. The summed E-state index contributed by atoms with van der Waals surface area (Å²) >= 11 is 0. The van der Waals surface area contributed by atoms with Crippen LogP contribution in [0.4, 0.5) is 5.69 Å². The van der Waals surface area contributed by atoms with Crippen molar-refractivity contribution in [2.24, 2.45) is 11.5 Å². The number of rotatable bonds is 6. The SMILES string of the molecule is NC(=O)Cc1ccccc1NCc1ccc(C(N)=O)cc1. The van der Waals surface area contributed by atoms with Gasteiger partial charge >= 0.3 is 0 Å². The molecular weight excluding hydrogens is 266 g/mol. The summed E-state index contributed by atoms with van der Waals surface area (Å²) in [5, 5.41) is 3.26. The number of para-hydroxylation sites is 1. The minimum Gasteiger partial charge on any atom is -0.381 e. The molecule has 21 heavy (non-hydrogen) atoms. The maximum Gasteiger partial charge on any atom is 0.248 e. The number of nitrogens with two attached hydrogens (primary N) is 2. The molecule has 0 aromatic heterocycles. The molecule has 2 aromatic carbocycles. The lowest BCUT2D eigenvalue weighted by molar-refractivity contribution is -0.117. The highest BCUT2D eigenvalue weighted by Gasteiger charge is 2.05. The summed E-state index contributed by atoms with van der Waals surface area (Å²) in [4.78, 5) is 22.0. The van der Waals surface area contributed by atoms with E-state index in [2.05, 4.69) is 5.32 Å². The van der Waals surface area contributed by atoms with Gasteiger partial charge in [-0.15, -0.1) is 0 Å². The number of anilines is 1. The molecule has 5 heteroatoms. The van der Waals surface area contributed by atoms with Crippen LogP contribution in [-0.4, -0.2) is 11.8 Å². The number of nitrogens with one attached hydrogen (secondary N) is 1. The molecule has 0 bridgehead atoms. The molecule has 108 valence electrons. The van der Waals surface area contributed by atoms with Gasteiger partial charge in [-0.25, -0.2) is 0 Å². The number of amides is 2. The maximum atomic E-state index is 11.0. The summed E-state index contributed by atoms with van der Waals surface area (Å²) in [6.07, 6.45) is 0.198. The van der Waals surface area contributed by atoms with Gasteiger partial charge in [-0.1, -0.05) is 30.3 Å². The van der Waals surface area contributed by atoms with Crippen molar-refractivity contribution >= 4 is 17.5 Å². The van der Waals surface area contributed by atoms with Crippen LogP contribution in [0.15, 0.2) is 48.5 Å². The highest BCUT2D eigenvalue weighted by molar-refractivity contribution is 5.92. The first kappa shape index (κ1) is 14.6. The Morgan fingerprint density at radius 1 is 0.952 bits per heavy atom. The summed E-state index contributed by atoms with van der Waals surface area (Å²) in [6.45, 7) is 0.578. The monoisotopic (exact) mass is 283 g/mol. The Bertz CT molecular complexity index is 651. The van der Waals surface area contributed by atoms with Crippen LogP contribution < -0.4 is 16.8 Å². The zero-order chi connectivity index (χ0) is 15.2. The quantitative estimate of drug-likeness (QED) is 0.747. The first-order chi connectivity index (χ1) is 10.1. The zero-order valence-corrected chi connectivity index (χ0v) is 11.5. The first-order valence-electron chi connectivity index (χ1n) is 6.55. The van der Waals surface area contributed by atoms with E-state index in [1.54, 1.807) is 12.1 Å². The fourth-order valence-electron chi connectivity index (χ4n) is 2.02. The van der Waals surface area contributed by atoms with Gasteiger partial charge < -0.3 is 16.8 Å². The van der Waals surface area contributed by atoms with Crippen molar-refractivity contribution < 1.29 is 9.59 Å². The van der Waals surface area contributed by atoms with E-state index in [1.807, 2.05) is 36.4 Å². The Kier molecular flexibility index (Phi) is 4.56. The van der Waals surface area contributed by atoms with Gasteiger partial charge in [0.05, 0.1) is 6.42 Å². The van der Waals surface area contributed by atoms with Crippen molar-refractivity contribution in [2.45, 2.75) is 13.0 Å². The second-order valence-electron chi connectivity index (χ2n) is 4.71. The Hall–Kier alpha value is -2.82.